The number of cyclic esters (lactones) is 1. The Balaban J connectivity index is 1.71. The number of primary amides is 1. The van der Waals surface area contributed by atoms with Crippen molar-refractivity contribution in [3.05, 3.63) is 24.4 Å². The van der Waals surface area contributed by atoms with Gasteiger partial charge in [-0.15, -0.1) is 0 Å². The minimum atomic E-state index is -2.80. The topological polar surface area (TPSA) is 112 Å². The predicted molar refractivity (Wildman–Crippen MR) is 99.1 cm³/mol. The normalized spacial score (nSPS) is 20.6. The zero-order valence-electron chi connectivity index (χ0n) is 15.5. The number of imidazole rings is 1. The molecule has 29 heavy (non-hydrogen) atoms. The summed E-state index contributed by atoms with van der Waals surface area (Å²) in [4.78, 5) is 28.4. The first kappa shape index (κ1) is 19.0. The molecule has 154 valence electrons. The highest BCUT2D eigenvalue weighted by atomic mass is 19.3. The number of amides is 2. The van der Waals surface area contributed by atoms with Crippen LogP contribution in [0.5, 0.6) is 5.75 Å². The summed E-state index contributed by atoms with van der Waals surface area (Å²) in [5, 5.41) is 2.88. The molecule has 0 radical (unpaired) electrons. The second-order valence-electron chi connectivity index (χ2n) is 7.04. The summed E-state index contributed by atoms with van der Waals surface area (Å²) in [5.41, 5.74) is 4.61. The van der Waals surface area contributed by atoms with Crippen molar-refractivity contribution in [2.24, 2.45) is 5.73 Å². The number of alkyl halides is 2. The van der Waals surface area contributed by atoms with Gasteiger partial charge in [0.25, 0.3) is 6.43 Å². The molecule has 2 aromatic rings. The van der Waals surface area contributed by atoms with Gasteiger partial charge in [0.2, 0.25) is 5.91 Å². The highest BCUT2D eigenvalue weighted by Gasteiger charge is 2.52. The van der Waals surface area contributed by atoms with E-state index in [-0.39, 0.29) is 12.4 Å². The van der Waals surface area contributed by atoms with Gasteiger partial charge in [-0.3, -0.25) is 4.79 Å². The molecule has 1 saturated heterocycles. The molecule has 0 spiro atoms. The number of hydrogen-bond acceptors (Lipinski definition) is 6. The van der Waals surface area contributed by atoms with Crippen LogP contribution in [0.25, 0.3) is 11.4 Å². The van der Waals surface area contributed by atoms with Crippen LogP contribution in [0.2, 0.25) is 0 Å². The van der Waals surface area contributed by atoms with Gasteiger partial charge in [-0.1, -0.05) is 0 Å². The number of nitrogens with one attached hydrogen (secondary N) is 1. The van der Waals surface area contributed by atoms with Gasteiger partial charge in [0.15, 0.2) is 5.82 Å². The van der Waals surface area contributed by atoms with E-state index in [0.29, 0.717) is 36.0 Å². The molecule has 3 N–H and O–H groups in total. The predicted octanol–water partition coefficient (Wildman–Crippen LogP) is 1.82. The number of hydrogen-bond donors (Lipinski definition) is 2. The lowest BCUT2D eigenvalue weighted by Gasteiger charge is -2.29. The number of nitrogens with two attached hydrogens (primary N) is 1. The van der Waals surface area contributed by atoms with E-state index in [2.05, 4.69) is 10.3 Å². The molecule has 3 heterocycles. The first-order chi connectivity index (χ1) is 13.8. The number of halogens is 2. The third-order valence-corrected chi connectivity index (χ3v) is 4.92. The fourth-order valence-electron chi connectivity index (χ4n) is 3.34. The Bertz CT molecular complexity index is 979. The van der Waals surface area contributed by atoms with Crippen molar-refractivity contribution >= 4 is 23.5 Å². The van der Waals surface area contributed by atoms with Gasteiger partial charge in [0, 0.05) is 18.0 Å². The van der Waals surface area contributed by atoms with Gasteiger partial charge in [-0.05, 0) is 19.1 Å². The van der Waals surface area contributed by atoms with Crippen molar-refractivity contribution in [2.75, 3.05) is 30.0 Å². The van der Waals surface area contributed by atoms with Crippen molar-refractivity contribution < 1.29 is 27.8 Å². The molecule has 2 aliphatic rings. The van der Waals surface area contributed by atoms with E-state index in [1.165, 1.54) is 6.92 Å². The Morgan fingerprint density at radius 2 is 2.21 bits per heavy atom. The van der Waals surface area contributed by atoms with Crippen molar-refractivity contribution in [3.8, 4) is 17.1 Å². The number of fused-ring (bicyclic) bond motifs is 3. The summed E-state index contributed by atoms with van der Waals surface area (Å²) >= 11 is 0. The first-order valence-corrected chi connectivity index (χ1v) is 8.91. The summed E-state index contributed by atoms with van der Waals surface area (Å²) < 4.78 is 39.6. The molecule has 1 unspecified atom stereocenters. The lowest BCUT2D eigenvalue weighted by Crippen LogP contribution is -2.50. The van der Waals surface area contributed by atoms with Gasteiger partial charge in [0.1, 0.15) is 30.3 Å². The number of ether oxygens (including phenoxy) is 2. The number of carbonyl (C=O) groups is 2. The molecule has 0 saturated carbocycles. The second-order valence-corrected chi connectivity index (χ2v) is 7.04. The van der Waals surface area contributed by atoms with E-state index in [9.17, 15) is 18.4 Å². The van der Waals surface area contributed by atoms with Crippen LogP contribution >= 0.6 is 0 Å². The number of benzene rings is 1. The maximum atomic E-state index is 13.6. The van der Waals surface area contributed by atoms with Gasteiger partial charge in [0.05, 0.1) is 18.7 Å². The lowest BCUT2D eigenvalue weighted by atomic mass is 10.0. The van der Waals surface area contributed by atoms with Crippen molar-refractivity contribution in [3.63, 3.8) is 0 Å². The average molecular weight is 407 g/mol. The molecule has 11 heteroatoms. The van der Waals surface area contributed by atoms with E-state index in [0.717, 1.165) is 4.90 Å². The lowest BCUT2D eigenvalue weighted by molar-refractivity contribution is -0.116. The van der Waals surface area contributed by atoms with E-state index in [1.807, 2.05) is 0 Å². The van der Waals surface area contributed by atoms with Gasteiger partial charge in [-0.2, -0.15) is 0 Å². The number of aromatic nitrogens is 2. The minimum absolute atomic E-state index is 0.0269. The van der Waals surface area contributed by atoms with Crippen LogP contribution in [0.4, 0.5) is 25.1 Å². The summed E-state index contributed by atoms with van der Waals surface area (Å²) in [6.45, 7) is 1.54. The fraction of sp³-hybridized carbons (Fsp3) is 0.389. The molecule has 0 aliphatic carbocycles. The highest BCUT2D eigenvalue weighted by Crippen LogP contribution is 2.39. The maximum absolute atomic E-state index is 13.6. The van der Waals surface area contributed by atoms with E-state index >= 15 is 0 Å². The Morgan fingerprint density at radius 3 is 2.93 bits per heavy atom. The molecule has 1 aromatic heterocycles. The van der Waals surface area contributed by atoms with Crippen LogP contribution in [0.1, 0.15) is 6.92 Å². The third-order valence-electron chi connectivity index (χ3n) is 4.92. The van der Waals surface area contributed by atoms with Gasteiger partial charge >= 0.3 is 6.09 Å². The molecule has 1 fully saturated rings. The van der Waals surface area contributed by atoms with Crippen molar-refractivity contribution in [1.29, 1.82) is 0 Å². The second kappa shape index (κ2) is 6.90. The number of nitrogens with zero attached hydrogens (tertiary/aromatic N) is 3. The summed E-state index contributed by atoms with van der Waals surface area (Å²) in [6, 6.07) is 5.17. The average Bonchev–Trinajstić information content (AvgIpc) is 3.16. The molecular weight excluding hydrogens is 388 g/mol. The summed E-state index contributed by atoms with van der Waals surface area (Å²) in [5.74, 6) is 0.580. The highest BCUT2D eigenvalue weighted by molar-refractivity contribution is 5.91. The molecule has 0 bridgehead atoms. The zero-order chi connectivity index (χ0) is 20.8. The minimum Gasteiger partial charge on any atom is -0.491 e. The zero-order valence-corrected chi connectivity index (χ0v) is 15.5. The number of anilines is 2. The quantitative estimate of drug-likeness (QED) is 0.782. The largest absolute Gasteiger partial charge is 0.491 e. The standard InChI is InChI=1S/C18H19F2N5O4/c1-18(16(19)20)9-29-17(27)25(18)14-8-24-4-5-28-12-6-10(22-7-13(21)26)2-3-11(12)15(24)23-14/h2-3,6,8,16,22H,4-5,7,9H2,1H3,(H2,21,26). The number of rotatable bonds is 5. The molecule has 2 aliphatic heterocycles. The van der Waals surface area contributed by atoms with Gasteiger partial charge < -0.3 is 25.1 Å². The summed E-state index contributed by atoms with van der Waals surface area (Å²) in [7, 11) is 0. The van der Waals surface area contributed by atoms with Crippen LogP contribution in [0, 0.1) is 0 Å². The molecule has 1 aromatic carbocycles. The van der Waals surface area contributed by atoms with Crippen LogP contribution < -0.4 is 20.7 Å². The van der Waals surface area contributed by atoms with E-state index in [4.69, 9.17) is 15.2 Å². The Hall–Kier alpha value is -3.37. The van der Waals surface area contributed by atoms with Crippen LogP contribution in [-0.2, 0) is 16.1 Å². The van der Waals surface area contributed by atoms with Crippen LogP contribution in [0.15, 0.2) is 24.4 Å². The molecule has 4 rings (SSSR count). The first-order valence-electron chi connectivity index (χ1n) is 8.91. The van der Waals surface area contributed by atoms with Crippen molar-refractivity contribution in [1.82, 2.24) is 9.55 Å². The maximum Gasteiger partial charge on any atom is 0.416 e. The molecule has 9 nitrogen and oxygen atoms in total. The van der Waals surface area contributed by atoms with E-state index < -0.39 is 30.6 Å². The molecule has 1 atom stereocenters. The third kappa shape index (κ3) is 3.22. The molecular formula is C18H19F2N5O4. The molecule has 2 amide bonds. The monoisotopic (exact) mass is 407 g/mol. The Labute approximate surface area is 164 Å². The number of carbonyl (C=O) groups excluding carboxylic acids is 2. The summed E-state index contributed by atoms with van der Waals surface area (Å²) in [6.07, 6.45) is -2.12. The SMILES string of the molecule is CC1(C(F)F)COC(=O)N1c1cn2c(n1)-c1ccc(NCC(N)=O)cc1OCC2. The van der Waals surface area contributed by atoms with Gasteiger partial charge in [-0.25, -0.2) is 23.5 Å². The Morgan fingerprint density at radius 1 is 1.41 bits per heavy atom. The van der Waals surface area contributed by atoms with Crippen LogP contribution in [0.3, 0.4) is 0 Å². The van der Waals surface area contributed by atoms with Crippen LogP contribution in [-0.4, -0.2) is 53.3 Å². The van der Waals surface area contributed by atoms with E-state index in [1.54, 1.807) is 29.0 Å². The fourth-order valence-corrected chi connectivity index (χ4v) is 3.34. The Kier molecular flexibility index (Phi) is 4.52. The van der Waals surface area contributed by atoms with Crippen molar-refractivity contribution in [2.45, 2.75) is 25.4 Å². The smallest absolute Gasteiger partial charge is 0.416 e.